The molecule has 2 aliphatic rings. The van der Waals surface area contributed by atoms with Gasteiger partial charge in [0.25, 0.3) is 0 Å². The molecule has 3 heteroatoms. The summed E-state index contributed by atoms with van der Waals surface area (Å²) in [4.78, 5) is 6.89. The number of guanidine groups is 1. The first-order chi connectivity index (χ1) is 9.52. The number of rotatable bonds is 1. The van der Waals surface area contributed by atoms with Gasteiger partial charge in [0.2, 0.25) is 0 Å². The molecule has 1 aliphatic heterocycles. The Morgan fingerprint density at radius 1 is 1.30 bits per heavy atom. The van der Waals surface area contributed by atoms with Crippen molar-refractivity contribution >= 4 is 11.6 Å². The molecule has 20 heavy (non-hydrogen) atoms. The van der Waals surface area contributed by atoms with Crippen LogP contribution in [0.2, 0.25) is 0 Å². The van der Waals surface area contributed by atoms with Crippen LogP contribution in [0.1, 0.15) is 38.7 Å². The van der Waals surface area contributed by atoms with Gasteiger partial charge in [-0.25, -0.2) is 0 Å². The lowest BCUT2D eigenvalue weighted by Gasteiger charge is -2.46. The minimum atomic E-state index is 0.115. The molecule has 3 nitrogen and oxygen atoms in total. The van der Waals surface area contributed by atoms with Gasteiger partial charge in [-0.3, -0.25) is 4.99 Å². The lowest BCUT2D eigenvalue weighted by atomic mass is 9.70. The van der Waals surface area contributed by atoms with E-state index in [-0.39, 0.29) is 5.54 Å². The van der Waals surface area contributed by atoms with Crippen LogP contribution in [0.15, 0.2) is 29.3 Å². The zero-order valence-electron chi connectivity index (χ0n) is 12.8. The van der Waals surface area contributed by atoms with Gasteiger partial charge in [0, 0.05) is 5.69 Å². The van der Waals surface area contributed by atoms with E-state index in [1.54, 1.807) is 0 Å². The van der Waals surface area contributed by atoms with Crippen LogP contribution < -0.4 is 10.6 Å². The fourth-order valence-corrected chi connectivity index (χ4v) is 3.82. The van der Waals surface area contributed by atoms with Crippen molar-refractivity contribution in [2.75, 3.05) is 11.4 Å². The smallest absolute Gasteiger partial charge is 0.196 e. The highest BCUT2D eigenvalue weighted by Gasteiger charge is 2.46. The van der Waals surface area contributed by atoms with Gasteiger partial charge in [0.05, 0.1) is 12.1 Å². The highest BCUT2D eigenvalue weighted by atomic mass is 15.4. The molecule has 1 spiro atoms. The Morgan fingerprint density at radius 3 is 2.80 bits per heavy atom. The van der Waals surface area contributed by atoms with E-state index in [2.05, 4.69) is 54.9 Å². The van der Waals surface area contributed by atoms with Crippen LogP contribution in [0, 0.1) is 18.8 Å². The average molecular weight is 271 g/mol. The predicted octanol–water partition coefficient (Wildman–Crippen LogP) is 3.32. The van der Waals surface area contributed by atoms with Gasteiger partial charge in [-0.05, 0) is 55.7 Å². The number of hydrogen-bond acceptors (Lipinski definition) is 3. The van der Waals surface area contributed by atoms with Crippen molar-refractivity contribution in [1.29, 1.82) is 0 Å². The van der Waals surface area contributed by atoms with Crippen LogP contribution >= 0.6 is 0 Å². The van der Waals surface area contributed by atoms with Crippen LogP contribution in [-0.4, -0.2) is 18.0 Å². The molecule has 1 aromatic rings. The molecular formula is C17H25N3. The summed E-state index contributed by atoms with van der Waals surface area (Å²) >= 11 is 0. The maximum absolute atomic E-state index is 6.22. The molecule has 0 aromatic heterocycles. The monoisotopic (exact) mass is 271 g/mol. The van der Waals surface area contributed by atoms with E-state index in [0.29, 0.717) is 5.96 Å². The lowest BCUT2D eigenvalue weighted by molar-refractivity contribution is 0.189. The molecule has 0 bridgehead atoms. The number of nitrogens with zero attached hydrogens (tertiary/aromatic N) is 2. The van der Waals surface area contributed by atoms with E-state index in [1.807, 2.05) is 0 Å². The number of nitrogens with two attached hydrogens (primary N) is 1. The summed E-state index contributed by atoms with van der Waals surface area (Å²) in [7, 11) is 0. The summed E-state index contributed by atoms with van der Waals surface area (Å²) < 4.78 is 0. The van der Waals surface area contributed by atoms with Crippen molar-refractivity contribution < 1.29 is 0 Å². The van der Waals surface area contributed by atoms with E-state index in [1.165, 1.54) is 30.5 Å². The second kappa shape index (κ2) is 4.80. The van der Waals surface area contributed by atoms with Crippen LogP contribution in [0.25, 0.3) is 0 Å². The third-order valence-electron chi connectivity index (χ3n) is 5.24. The first-order valence-electron chi connectivity index (χ1n) is 7.69. The SMILES string of the molecule is Cc1cccc(N2C(N)=NCC23CCC(C)C(C)C3)c1. The largest absolute Gasteiger partial charge is 0.369 e. The van der Waals surface area contributed by atoms with Crippen LogP contribution in [-0.2, 0) is 0 Å². The zero-order chi connectivity index (χ0) is 14.3. The fraction of sp³-hybridized carbons (Fsp3) is 0.588. The zero-order valence-corrected chi connectivity index (χ0v) is 12.8. The van der Waals surface area contributed by atoms with E-state index < -0.39 is 0 Å². The predicted molar refractivity (Wildman–Crippen MR) is 85.1 cm³/mol. The molecule has 1 fully saturated rings. The first kappa shape index (κ1) is 13.5. The first-order valence-corrected chi connectivity index (χ1v) is 7.69. The quantitative estimate of drug-likeness (QED) is 0.851. The molecule has 0 saturated heterocycles. The van der Waals surface area contributed by atoms with Crippen molar-refractivity contribution in [2.24, 2.45) is 22.6 Å². The van der Waals surface area contributed by atoms with Gasteiger partial charge < -0.3 is 10.6 Å². The molecule has 108 valence electrons. The molecule has 0 radical (unpaired) electrons. The van der Waals surface area contributed by atoms with Crippen LogP contribution in [0.3, 0.4) is 0 Å². The second-order valence-electron chi connectivity index (χ2n) is 6.77. The highest BCUT2D eigenvalue weighted by molar-refractivity contribution is 5.98. The van der Waals surface area contributed by atoms with Gasteiger partial charge in [-0.2, -0.15) is 0 Å². The van der Waals surface area contributed by atoms with E-state index >= 15 is 0 Å². The standard InChI is InChI=1S/C17H25N3/c1-12-5-4-6-15(9-12)20-16(18)19-11-17(20)8-7-13(2)14(3)10-17/h4-6,9,13-14H,7-8,10-11H2,1-3H3,(H2,18,19). The Morgan fingerprint density at radius 2 is 2.10 bits per heavy atom. The van der Waals surface area contributed by atoms with Gasteiger partial charge >= 0.3 is 0 Å². The minimum absolute atomic E-state index is 0.115. The molecule has 1 heterocycles. The number of benzene rings is 1. The summed E-state index contributed by atoms with van der Waals surface area (Å²) in [6.07, 6.45) is 3.65. The number of aryl methyl sites for hydroxylation is 1. The van der Waals surface area contributed by atoms with E-state index in [0.717, 1.165) is 18.4 Å². The van der Waals surface area contributed by atoms with Crippen molar-refractivity contribution in [3.63, 3.8) is 0 Å². The van der Waals surface area contributed by atoms with E-state index in [4.69, 9.17) is 5.73 Å². The maximum Gasteiger partial charge on any atom is 0.196 e. The van der Waals surface area contributed by atoms with Crippen molar-refractivity contribution in [3.05, 3.63) is 29.8 Å². The Kier molecular flexibility index (Phi) is 3.23. The molecular weight excluding hydrogens is 246 g/mol. The van der Waals surface area contributed by atoms with Crippen molar-refractivity contribution in [1.82, 2.24) is 0 Å². The third kappa shape index (κ3) is 2.09. The summed E-state index contributed by atoms with van der Waals surface area (Å²) in [5, 5.41) is 0. The van der Waals surface area contributed by atoms with Crippen LogP contribution in [0.4, 0.5) is 5.69 Å². The van der Waals surface area contributed by atoms with Gasteiger partial charge in [0.1, 0.15) is 0 Å². The Balaban J connectivity index is 1.96. The van der Waals surface area contributed by atoms with E-state index in [9.17, 15) is 0 Å². The van der Waals surface area contributed by atoms with Crippen molar-refractivity contribution in [3.8, 4) is 0 Å². The summed E-state index contributed by atoms with van der Waals surface area (Å²) in [5.41, 5.74) is 8.81. The van der Waals surface area contributed by atoms with Crippen molar-refractivity contribution in [2.45, 2.75) is 45.6 Å². The molecule has 1 aliphatic carbocycles. The maximum atomic E-state index is 6.22. The molecule has 3 atom stereocenters. The number of aliphatic imine (C=N–C) groups is 1. The average Bonchev–Trinajstić information content (AvgIpc) is 2.72. The Bertz CT molecular complexity index is 537. The summed E-state index contributed by atoms with van der Waals surface area (Å²) in [6.45, 7) is 7.72. The molecule has 1 saturated carbocycles. The minimum Gasteiger partial charge on any atom is -0.369 e. The lowest BCUT2D eigenvalue weighted by Crippen LogP contribution is -2.55. The molecule has 2 N–H and O–H groups in total. The fourth-order valence-electron chi connectivity index (χ4n) is 3.82. The normalized spacial score (nSPS) is 33.5. The topological polar surface area (TPSA) is 41.6 Å². The summed E-state index contributed by atoms with van der Waals surface area (Å²) in [5.74, 6) is 2.23. The van der Waals surface area contributed by atoms with Gasteiger partial charge in [0.15, 0.2) is 5.96 Å². The Hall–Kier alpha value is -1.51. The van der Waals surface area contributed by atoms with Gasteiger partial charge in [-0.1, -0.05) is 26.0 Å². The summed E-state index contributed by atoms with van der Waals surface area (Å²) in [6, 6.07) is 8.62. The highest BCUT2D eigenvalue weighted by Crippen LogP contribution is 2.44. The third-order valence-corrected chi connectivity index (χ3v) is 5.24. The van der Waals surface area contributed by atoms with Gasteiger partial charge in [-0.15, -0.1) is 0 Å². The molecule has 1 aromatic carbocycles. The number of hydrogen-bond donors (Lipinski definition) is 1. The molecule has 3 rings (SSSR count). The molecule has 3 unspecified atom stereocenters. The Labute approximate surface area is 121 Å². The number of anilines is 1. The van der Waals surface area contributed by atoms with Crippen LogP contribution in [0.5, 0.6) is 0 Å². The second-order valence-corrected chi connectivity index (χ2v) is 6.77. The molecule has 0 amide bonds.